The number of aromatic nitrogens is 4. The summed E-state index contributed by atoms with van der Waals surface area (Å²) in [5.41, 5.74) is 17.8. The molecule has 310 valence electrons. The summed E-state index contributed by atoms with van der Waals surface area (Å²) in [5, 5.41) is 2.49. The molecule has 5 nitrogen and oxygen atoms in total. The third-order valence-corrected chi connectivity index (χ3v) is 14.5. The van der Waals surface area contributed by atoms with Gasteiger partial charge >= 0.3 is 0 Å². The van der Waals surface area contributed by atoms with E-state index in [0.29, 0.717) is 17.5 Å². The minimum absolute atomic E-state index is 0.138. The third kappa shape index (κ3) is 4.97. The second-order valence-corrected chi connectivity index (χ2v) is 18.3. The van der Waals surface area contributed by atoms with Crippen LogP contribution < -0.4 is 4.74 Å². The third-order valence-electron chi connectivity index (χ3n) is 14.5. The highest BCUT2D eigenvalue weighted by Crippen LogP contribution is 2.63. The Morgan fingerprint density at radius 3 is 1.61 bits per heavy atom. The van der Waals surface area contributed by atoms with E-state index < -0.39 is 5.41 Å². The molecule has 66 heavy (non-hydrogen) atoms. The quantitative estimate of drug-likeness (QED) is 0.177. The largest absolute Gasteiger partial charge is 0.457 e. The van der Waals surface area contributed by atoms with Crippen molar-refractivity contribution in [3.05, 3.63) is 240 Å². The maximum atomic E-state index is 6.73. The van der Waals surface area contributed by atoms with E-state index in [0.717, 1.165) is 56.1 Å². The van der Waals surface area contributed by atoms with Crippen molar-refractivity contribution in [1.29, 1.82) is 0 Å². The Balaban J connectivity index is 1.07. The molecule has 14 rings (SSSR count). The van der Waals surface area contributed by atoms with Crippen molar-refractivity contribution >= 4 is 21.8 Å². The van der Waals surface area contributed by atoms with Crippen LogP contribution in [0.25, 0.3) is 83.9 Å². The molecule has 0 amide bonds. The summed E-state index contributed by atoms with van der Waals surface area (Å²) in [7, 11) is 0. The Morgan fingerprint density at radius 2 is 0.924 bits per heavy atom. The first kappa shape index (κ1) is 37.0. The number of ether oxygens (including phenoxy) is 1. The van der Waals surface area contributed by atoms with Crippen LogP contribution in [0, 0.1) is 0 Å². The zero-order valence-corrected chi connectivity index (χ0v) is 36.3. The smallest absolute Gasteiger partial charge is 0.164 e. The number of nitrogens with zero attached hydrogens (tertiary/aromatic N) is 4. The Bertz CT molecular complexity index is 3730. The van der Waals surface area contributed by atoms with E-state index in [-0.39, 0.29) is 5.41 Å². The summed E-state index contributed by atoms with van der Waals surface area (Å²) in [4.78, 5) is 15.4. The lowest BCUT2D eigenvalue weighted by molar-refractivity contribution is 0.436. The van der Waals surface area contributed by atoms with Crippen LogP contribution in [-0.4, -0.2) is 19.5 Å². The van der Waals surface area contributed by atoms with Crippen molar-refractivity contribution in [3.63, 3.8) is 0 Å². The lowest BCUT2D eigenvalue weighted by atomic mass is 9.66. The van der Waals surface area contributed by atoms with Gasteiger partial charge in [0.2, 0.25) is 0 Å². The fraction of sp³-hybridized carbons (Fsp3) is 0.0656. The molecule has 11 aromatic rings. The van der Waals surface area contributed by atoms with Gasteiger partial charge in [-0.3, -0.25) is 0 Å². The molecule has 0 unspecified atom stereocenters. The summed E-state index contributed by atoms with van der Waals surface area (Å²) < 4.78 is 9.25. The number of benzene rings is 9. The van der Waals surface area contributed by atoms with Crippen LogP contribution in [-0.2, 0) is 10.8 Å². The molecule has 5 heteroatoms. The van der Waals surface area contributed by atoms with E-state index in [1.165, 1.54) is 55.2 Å². The Kier molecular flexibility index (Phi) is 7.60. The van der Waals surface area contributed by atoms with Gasteiger partial charge in [0.15, 0.2) is 17.5 Å². The van der Waals surface area contributed by atoms with Crippen molar-refractivity contribution in [2.24, 2.45) is 0 Å². The number of hydrogen-bond acceptors (Lipinski definition) is 4. The van der Waals surface area contributed by atoms with Gasteiger partial charge in [0.25, 0.3) is 0 Å². The standard InChI is InChI=1S/C61H40N4O/c1-60(2)46-23-11-9-22-43(46)55-51(60)34-31-42-41-21-10-14-26-52(41)65(56(42)55)40-30-33-48-45(36-40)44-35-39(59-63-57(37-17-5-3-6-18-37)62-58(64-59)38-19-7-4-8-20-38)29-32-47(44)61(48)49-24-12-15-27-53(49)66-54-28-16-13-25-50(54)61/h3-36H,1-2H3. The average molecular weight is 845 g/mol. The summed E-state index contributed by atoms with van der Waals surface area (Å²) >= 11 is 0. The molecule has 0 bridgehead atoms. The van der Waals surface area contributed by atoms with Crippen molar-refractivity contribution in [2.75, 3.05) is 0 Å². The molecule has 0 radical (unpaired) electrons. The molecule has 1 spiro atoms. The molecular formula is C61H40N4O. The molecule has 0 atom stereocenters. The van der Waals surface area contributed by atoms with Crippen LogP contribution >= 0.6 is 0 Å². The van der Waals surface area contributed by atoms with Crippen molar-refractivity contribution in [1.82, 2.24) is 19.5 Å². The number of rotatable bonds is 4. The van der Waals surface area contributed by atoms with Gasteiger partial charge in [-0.05, 0) is 75.3 Å². The van der Waals surface area contributed by atoms with Gasteiger partial charge in [0.05, 0.1) is 16.4 Å². The maximum absolute atomic E-state index is 6.73. The molecule has 3 heterocycles. The number of hydrogen-bond donors (Lipinski definition) is 0. The summed E-state index contributed by atoms with van der Waals surface area (Å²) in [6.07, 6.45) is 0. The van der Waals surface area contributed by atoms with Crippen LogP contribution in [0.1, 0.15) is 47.2 Å². The molecule has 0 fully saturated rings. The first-order chi connectivity index (χ1) is 32.5. The normalized spacial score (nSPS) is 14.3. The van der Waals surface area contributed by atoms with Gasteiger partial charge in [0, 0.05) is 55.3 Å². The minimum atomic E-state index is -0.651. The van der Waals surface area contributed by atoms with Gasteiger partial charge in [-0.2, -0.15) is 0 Å². The Morgan fingerprint density at radius 1 is 0.394 bits per heavy atom. The summed E-state index contributed by atoms with van der Waals surface area (Å²) in [6.45, 7) is 4.73. The zero-order valence-electron chi connectivity index (χ0n) is 36.3. The molecule has 2 aromatic heterocycles. The lowest BCUT2D eigenvalue weighted by Gasteiger charge is -2.39. The first-order valence-corrected chi connectivity index (χ1v) is 22.7. The fourth-order valence-corrected chi connectivity index (χ4v) is 11.6. The van der Waals surface area contributed by atoms with Gasteiger partial charge < -0.3 is 9.30 Å². The van der Waals surface area contributed by atoms with E-state index in [1.54, 1.807) is 0 Å². The lowest BCUT2D eigenvalue weighted by Crippen LogP contribution is -2.32. The molecule has 0 N–H and O–H groups in total. The average Bonchev–Trinajstić information content (AvgIpc) is 3.95. The molecule has 0 saturated carbocycles. The van der Waals surface area contributed by atoms with Crippen molar-refractivity contribution < 1.29 is 4.74 Å². The number of fused-ring (bicyclic) bond motifs is 16. The van der Waals surface area contributed by atoms with Crippen LogP contribution in [0.15, 0.2) is 206 Å². The highest BCUT2D eigenvalue weighted by Gasteiger charge is 2.51. The number of para-hydroxylation sites is 3. The van der Waals surface area contributed by atoms with Crippen LogP contribution in [0.4, 0.5) is 0 Å². The second kappa shape index (κ2) is 13.6. The molecule has 1 aliphatic heterocycles. The van der Waals surface area contributed by atoms with Crippen LogP contribution in [0.3, 0.4) is 0 Å². The van der Waals surface area contributed by atoms with Gasteiger partial charge in [-0.1, -0.05) is 184 Å². The van der Waals surface area contributed by atoms with E-state index in [4.69, 9.17) is 19.7 Å². The molecular weight excluding hydrogens is 805 g/mol. The predicted octanol–water partition coefficient (Wildman–Crippen LogP) is 14.7. The highest BCUT2D eigenvalue weighted by atomic mass is 16.5. The van der Waals surface area contributed by atoms with Crippen LogP contribution in [0.5, 0.6) is 11.5 Å². The monoisotopic (exact) mass is 844 g/mol. The molecule has 9 aromatic carbocycles. The molecule has 2 aliphatic carbocycles. The fourth-order valence-electron chi connectivity index (χ4n) is 11.6. The minimum Gasteiger partial charge on any atom is -0.457 e. The SMILES string of the molecule is CC1(C)c2ccccc2-c2c1ccc1c3ccccc3n(-c3ccc4c(c3)-c3cc(-c5nc(-c6ccccc6)nc(-c6ccccc6)n5)ccc3C43c4ccccc4Oc4ccccc43)c21. The van der Waals surface area contributed by atoms with Gasteiger partial charge in [-0.25, -0.2) is 15.0 Å². The Hall–Kier alpha value is -8.41. The summed E-state index contributed by atoms with van der Waals surface area (Å²) in [6, 6.07) is 74.0. The van der Waals surface area contributed by atoms with Gasteiger partial charge in [-0.15, -0.1) is 0 Å². The van der Waals surface area contributed by atoms with Gasteiger partial charge in [0.1, 0.15) is 11.5 Å². The van der Waals surface area contributed by atoms with Crippen LogP contribution in [0.2, 0.25) is 0 Å². The second-order valence-electron chi connectivity index (χ2n) is 18.3. The zero-order chi connectivity index (χ0) is 43.7. The highest BCUT2D eigenvalue weighted by molar-refractivity contribution is 6.15. The molecule has 3 aliphatic rings. The van der Waals surface area contributed by atoms with E-state index in [9.17, 15) is 0 Å². The maximum Gasteiger partial charge on any atom is 0.164 e. The topological polar surface area (TPSA) is 52.8 Å². The van der Waals surface area contributed by atoms with E-state index in [2.05, 4.69) is 188 Å². The molecule has 0 saturated heterocycles. The van der Waals surface area contributed by atoms with E-state index >= 15 is 0 Å². The Labute approximate surface area is 382 Å². The van der Waals surface area contributed by atoms with Crippen molar-refractivity contribution in [2.45, 2.75) is 24.7 Å². The predicted molar refractivity (Wildman–Crippen MR) is 265 cm³/mol. The van der Waals surface area contributed by atoms with E-state index in [1.807, 2.05) is 36.4 Å². The summed E-state index contributed by atoms with van der Waals surface area (Å²) in [5.74, 6) is 3.61. The first-order valence-electron chi connectivity index (χ1n) is 22.7. The van der Waals surface area contributed by atoms with Crippen molar-refractivity contribution in [3.8, 4) is 73.6 Å².